The van der Waals surface area contributed by atoms with E-state index in [0.717, 1.165) is 133 Å². The molecule has 109 heavy (non-hydrogen) atoms. The van der Waals surface area contributed by atoms with Crippen molar-refractivity contribution < 1.29 is 0 Å². The molecule has 22 nitrogen and oxygen atoms in total. The maximum atomic E-state index is 12.7. The Labute approximate surface area is 623 Å². The maximum Gasteiger partial charge on any atom is 0.280 e. The zero-order valence-electron chi connectivity index (χ0n) is 60.3. The predicted octanol–water partition coefficient (Wildman–Crippen LogP) is 16.2. The highest BCUT2D eigenvalue weighted by atomic mass is 35.5. The third-order valence-electron chi connectivity index (χ3n) is 19.2. The second-order valence-electron chi connectivity index (χ2n) is 27.1. The number of rotatable bonds is 5. The molecule has 0 atom stereocenters. The number of benzene rings is 8. The maximum absolute atomic E-state index is 12.7. The molecule has 12 heterocycles. The molecule has 0 saturated heterocycles. The van der Waals surface area contributed by atoms with E-state index in [1.165, 1.54) is 9.36 Å². The van der Waals surface area contributed by atoms with E-state index in [1.54, 1.807) is 63.5 Å². The van der Waals surface area contributed by atoms with Gasteiger partial charge in [-0.3, -0.25) is 79.4 Å². The van der Waals surface area contributed by atoms with E-state index in [1.807, 2.05) is 243 Å². The number of fused-ring (bicyclic) bond motifs is 15. The Bertz CT molecular complexity index is 7120. The van der Waals surface area contributed by atoms with Crippen molar-refractivity contribution in [1.82, 2.24) is 83.8 Å². The molecule has 5 N–H and O–H groups in total. The van der Waals surface area contributed by atoms with Crippen LogP contribution in [0.15, 0.2) is 261 Å². The fourth-order valence-electron chi connectivity index (χ4n) is 13.4. The third-order valence-corrected chi connectivity index (χ3v) is 19.4. The molecule has 0 saturated carbocycles. The van der Waals surface area contributed by atoms with Crippen molar-refractivity contribution in [3.8, 4) is 28.4 Å². The number of pyridine rings is 7. The van der Waals surface area contributed by atoms with E-state index in [4.69, 9.17) is 11.6 Å². The lowest BCUT2D eigenvalue weighted by Crippen LogP contribution is -2.15. The van der Waals surface area contributed by atoms with Crippen LogP contribution >= 0.6 is 11.6 Å². The summed E-state index contributed by atoms with van der Waals surface area (Å²) in [5, 5.41) is 22.9. The summed E-state index contributed by atoms with van der Waals surface area (Å²) < 4.78 is 7.80. The SMILES string of the molecule is Cc1ccc(-n2[nH]c3c(cnc4cc(C)ccc43)c2=O)cc1.Cc1ccc(-n2[nH]c3c(cnc4cc(Cl)ncc43)c2=O)cc1.Cc1ccc(-n2[nH]c3c(cnc4cccnc43)c2=O)cc1.Cc1ccc2c(c1)ncc1c(=O)n(-c3ccccc3C)[nH]c12.Cc1cccc(-n2[nH]c3c(cnc4cc(C)ccc43)c2=O)c1. The van der Waals surface area contributed by atoms with Crippen LogP contribution in [0.5, 0.6) is 0 Å². The molecule has 534 valence electrons. The topological polar surface area (TPSA) is 279 Å². The van der Waals surface area contributed by atoms with Crippen LogP contribution in [0.3, 0.4) is 0 Å². The van der Waals surface area contributed by atoms with Gasteiger partial charge in [0.05, 0.1) is 111 Å². The lowest BCUT2D eigenvalue weighted by atomic mass is 10.1. The Morgan fingerprint density at radius 3 is 1.06 bits per heavy atom. The molecule has 0 unspecified atom stereocenters. The number of aryl methyl sites for hydroxylation is 8. The molecule has 0 fully saturated rings. The largest absolute Gasteiger partial charge is 0.290 e. The van der Waals surface area contributed by atoms with E-state index >= 15 is 0 Å². The summed E-state index contributed by atoms with van der Waals surface area (Å²) >= 11 is 5.89. The van der Waals surface area contributed by atoms with Gasteiger partial charge in [-0.1, -0.05) is 131 Å². The van der Waals surface area contributed by atoms with Gasteiger partial charge in [-0.05, 0) is 168 Å². The molecular weight excluding hydrogens is 1390 g/mol. The monoisotopic (exact) mass is 1450 g/mol. The Morgan fingerprint density at radius 2 is 0.615 bits per heavy atom. The second-order valence-corrected chi connectivity index (χ2v) is 27.5. The van der Waals surface area contributed by atoms with E-state index in [2.05, 4.69) is 60.4 Å². The zero-order chi connectivity index (χ0) is 75.5. The zero-order valence-corrected chi connectivity index (χ0v) is 61.1. The Morgan fingerprint density at radius 1 is 0.266 bits per heavy atom. The number of aromatic nitrogens is 17. The smallest absolute Gasteiger partial charge is 0.280 e. The molecule has 12 aromatic heterocycles. The first-order valence-electron chi connectivity index (χ1n) is 35.0. The lowest BCUT2D eigenvalue weighted by molar-refractivity contribution is 0.857. The van der Waals surface area contributed by atoms with Crippen molar-refractivity contribution in [2.45, 2.75) is 55.4 Å². The molecule has 0 aliphatic heterocycles. The summed E-state index contributed by atoms with van der Waals surface area (Å²) in [5.41, 5.74) is 21.5. The Balaban J connectivity index is 0.000000104. The van der Waals surface area contributed by atoms with Gasteiger partial charge < -0.3 is 0 Å². The van der Waals surface area contributed by atoms with Gasteiger partial charge in [0.15, 0.2) is 0 Å². The summed E-state index contributed by atoms with van der Waals surface area (Å²) in [6.07, 6.45) is 11.5. The Hall–Kier alpha value is -14.3. The van der Waals surface area contributed by atoms with Gasteiger partial charge in [0.25, 0.3) is 27.8 Å². The van der Waals surface area contributed by atoms with Gasteiger partial charge in [0.2, 0.25) is 0 Å². The number of nitrogens with zero attached hydrogens (tertiary/aromatic N) is 12. The minimum absolute atomic E-state index is 0.0701. The number of nitrogens with one attached hydrogen (secondary N) is 5. The molecule has 0 spiro atoms. The summed E-state index contributed by atoms with van der Waals surface area (Å²) in [5.74, 6) is 0. The van der Waals surface area contributed by atoms with Crippen LogP contribution in [0.4, 0.5) is 0 Å². The van der Waals surface area contributed by atoms with Crippen molar-refractivity contribution in [3.63, 3.8) is 0 Å². The summed E-state index contributed by atoms with van der Waals surface area (Å²) in [6, 6.07) is 62.6. The highest BCUT2D eigenvalue weighted by molar-refractivity contribution is 6.30. The predicted molar refractivity (Wildman–Crippen MR) is 434 cm³/mol. The average Bonchev–Trinajstić information content (AvgIpc) is 1.65. The van der Waals surface area contributed by atoms with E-state index in [9.17, 15) is 24.0 Å². The molecule has 0 radical (unpaired) electrons. The van der Waals surface area contributed by atoms with E-state index < -0.39 is 0 Å². The van der Waals surface area contributed by atoms with Crippen LogP contribution in [0.25, 0.3) is 138 Å². The van der Waals surface area contributed by atoms with Crippen molar-refractivity contribution in [1.29, 1.82) is 0 Å². The standard InChI is InChI=1S/3C18H15N3O.C16H11ClN4O.C16H12N4O/c1-11-3-6-13(7-4-11)21-18(22)15-10-19-16-9-12(2)5-8-14(16)17(15)20-21;1-11-4-3-5-13(8-11)21-18(22)15-10-19-16-9-12(2)6-7-14(16)17(15)20-21;1-11-7-8-13-15(9-11)19-10-14-17(13)20-21(18(14)22)16-6-4-3-5-12(16)2;1-9-2-4-10(5-3-9)21-16(22)12-8-18-13-6-14(17)19-7-11(13)15(12)20-21;1-10-4-6-11(7-5-10)20-16(21)12-9-18-13-3-2-8-17-15(13)14(12)19-20/h3*3-10,20H,1-2H3;2-8,20H,1H3;2-9,19H,1H3. The fraction of sp³-hybridized carbons (Fsp3) is 0.0930. The number of hydrogen-bond donors (Lipinski definition) is 5. The molecule has 0 amide bonds. The normalized spacial score (nSPS) is 11.3. The van der Waals surface area contributed by atoms with Gasteiger partial charge in [-0.2, -0.15) is 0 Å². The van der Waals surface area contributed by atoms with Gasteiger partial charge in [-0.15, -0.1) is 0 Å². The average molecular weight is 1460 g/mol. The number of para-hydroxylation sites is 1. The van der Waals surface area contributed by atoms with Crippen molar-refractivity contribution in [2.75, 3.05) is 0 Å². The quantitative estimate of drug-likeness (QED) is 0.101. The molecule has 23 heteroatoms. The molecular formula is C86H68ClN17O5. The van der Waals surface area contributed by atoms with Crippen LogP contribution in [0, 0.1) is 55.4 Å². The van der Waals surface area contributed by atoms with Crippen LogP contribution in [-0.2, 0) is 0 Å². The van der Waals surface area contributed by atoms with Gasteiger partial charge in [0.1, 0.15) is 10.7 Å². The first-order valence-corrected chi connectivity index (χ1v) is 35.4. The van der Waals surface area contributed by atoms with Gasteiger partial charge >= 0.3 is 0 Å². The molecule has 0 bridgehead atoms. The van der Waals surface area contributed by atoms with Crippen molar-refractivity contribution in [3.05, 3.63) is 339 Å². The number of halogens is 1. The fourth-order valence-corrected chi connectivity index (χ4v) is 13.5. The first kappa shape index (κ1) is 69.1. The highest BCUT2D eigenvalue weighted by Gasteiger charge is 2.19. The summed E-state index contributed by atoms with van der Waals surface area (Å²) in [7, 11) is 0. The van der Waals surface area contributed by atoms with Crippen LogP contribution in [0.1, 0.15) is 44.5 Å². The summed E-state index contributed by atoms with van der Waals surface area (Å²) in [6.45, 7) is 16.1. The molecule has 8 aromatic carbocycles. The highest BCUT2D eigenvalue weighted by Crippen LogP contribution is 2.28. The molecule has 20 rings (SSSR count). The van der Waals surface area contributed by atoms with Crippen LogP contribution in [0.2, 0.25) is 5.15 Å². The lowest BCUT2D eigenvalue weighted by Gasteiger charge is -2.04. The minimum Gasteiger partial charge on any atom is -0.290 e. The summed E-state index contributed by atoms with van der Waals surface area (Å²) in [4.78, 5) is 93.3. The third kappa shape index (κ3) is 13.2. The van der Waals surface area contributed by atoms with Crippen molar-refractivity contribution >= 4 is 121 Å². The Kier molecular flexibility index (Phi) is 18.0. The van der Waals surface area contributed by atoms with Gasteiger partial charge in [0, 0.05) is 71.0 Å². The molecule has 0 aliphatic rings. The number of H-pyrrole nitrogens is 5. The number of aromatic amines is 5. The van der Waals surface area contributed by atoms with Crippen LogP contribution < -0.4 is 27.8 Å². The number of hydrogen-bond acceptors (Lipinski definition) is 12. The van der Waals surface area contributed by atoms with Crippen LogP contribution in [-0.4, -0.2) is 83.8 Å². The molecule has 20 aromatic rings. The minimum atomic E-state index is -0.136. The van der Waals surface area contributed by atoms with E-state index in [0.29, 0.717) is 54.2 Å². The second kappa shape index (κ2) is 28.3. The van der Waals surface area contributed by atoms with E-state index in [-0.39, 0.29) is 27.8 Å². The van der Waals surface area contributed by atoms with Gasteiger partial charge in [-0.25, -0.2) is 28.4 Å². The molecule has 0 aliphatic carbocycles. The first-order chi connectivity index (χ1) is 52.8. The van der Waals surface area contributed by atoms with Crippen molar-refractivity contribution in [2.24, 2.45) is 0 Å².